The van der Waals surface area contributed by atoms with Crippen molar-refractivity contribution in [2.45, 2.75) is 65.2 Å². The molecule has 17 heavy (non-hydrogen) atoms. The van der Waals surface area contributed by atoms with Crippen LogP contribution in [-0.4, -0.2) is 0 Å². The van der Waals surface area contributed by atoms with Crippen LogP contribution >= 0.6 is 0 Å². The van der Waals surface area contributed by atoms with Gasteiger partial charge in [0.25, 0.3) is 0 Å². The normalized spacial score (nSPS) is 24.2. The van der Waals surface area contributed by atoms with Gasteiger partial charge in [-0.1, -0.05) is 52.8 Å². The summed E-state index contributed by atoms with van der Waals surface area (Å²) in [6.07, 6.45) is 3.97. The fourth-order valence-corrected chi connectivity index (χ4v) is 3.08. The molecule has 0 heterocycles. The standard InChI is InChI=1S/C17H26/c1-12(2)15-9-8-14-7-6-10-17(5,13(3)4)16(14)11-15/h8-9,11-13H,6-7,10H2,1-5H3. The van der Waals surface area contributed by atoms with Gasteiger partial charge in [-0.2, -0.15) is 0 Å². The van der Waals surface area contributed by atoms with Crippen LogP contribution in [0.4, 0.5) is 0 Å². The molecule has 0 saturated heterocycles. The maximum atomic E-state index is 2.49. The van der Waals surface area contributed by atoms with Gasteiger partial charge in [-0.25, -0.2) is 0 Å². The Bertz CT molecular complexity index is 400. The smallest absolute Gasteiger partial charge is 0.00493 e. The molecule has 1 aliphatic carbocycles. The lowest BCUT2D eigenvalue weighted by atomic mass is 9.65. The molecule has 0 nitrogen and oxygen atoms in total. The van der Waals surface area contributed by atoms with E-state index < -0.39 is 0 Å². The maximum Gasteiger partial charge on any atom is -0.00493 e. The molecule has 1 aliphatic rings. The molecule has 0 heteroatoms. The fourth-order valence-electron chi connectivity index (χ4n) is 3.08. The molecule has 0 N–H and O–H groups in total. The number of hydrogen-bond donors (Lipinski definition) is 0. The van der Waals surface area contributed by atoms with Gasteiger partial charge in [0.05, 0.1) is 0 Å². The molecule has 0 radical (unpaired) electrons. The van der Waals surface area contributed by atoms with Gasteiger partial charge >= 0.3 is 0 Å². The largest absolute Gasteiger partial charge is 0.0619 e. The second-order valence-corrected chi connectivity index (χ2v) is 6.50. The molecule has 0 amide bonds. The minimum absolute atomic E-state index is 0.387. The summed E-state index contributed by atoms with van der Waals surface area (Å²) in [6.45, 7) is 11.8. The Balaban J connectivity index is 2.52. The molecule has 0 aliphatic heterocycles. The molecule has 0 aromatic heterocycles. The zero-order valence-electron chi connectivity index (χ0n) is 12.0. The molecule has 1 aromatic carbocycles. The highest BCUT2D eigenvalue weighted by molar-refractivity contribution is 5.40. The van der Waals surface area contributed by atoms with Gasteiger partial charge in [0, 0.05) is 0 Å². The van der Waals surface area contributed by atoms with E-state index in [-0.39, 0.29) is 0 Å². The third-order valence-corrected chi connectivity index (χ3v) is 4.83. The first-order valence-electron chi connectivity index (χ1n) is 7.08. The Kier molecular flexibility index (Phi) is 3.34. The van der Waals surface area contributed by atoms with Crippen molar-refractivity contribution in [3.8, 4) is 0 Å². The lowest BCUT2D eigenvalue weighted by Crippen LogP contribution is -2.33. The SMILES string of the molecule is CC(C)c1ccc2c(c1)C(C)(C(C)C)CCC2. The zero-order chi connectivity index (χ0) is 12.6. The summed E-state index contributed by atoms with van der Waals surface area (Å²) in [5.41, 5.74) is 5.11. The van der Waals surface area contributed by atoms with Crippen molar-refractivity contribution in [2.75, 3.05) is 0 Å². The van der Waals surface area contributed by atoms with Crippen molar-refractivity contribution in [1.82, 2.24) is 0 Å². The topological polar surface area (TPSA) is 0 Å². The summed E-state index contributed by atoms with van der Waals surface area (Å²) in [5.74, 6) is 1.36. The zero-order valence-corrected chi connectivity index (χ0v) is 12.0. The number of benzene rings is 1. The molecule has 0 spiro atoms. The van der Waals surface area contributed by atoms with Crippen LogP contribution in [0.3, 0.4) is 0 Å². The molecule has 0 bridgehead atoms. The molecular formula is C17H26. The summed E-state index contributed by atoms with van der Waals surface area (Å²) in [6, 6.07) is 7.19. The first-order valence-corrected chi connectivity index (χ1v) is 7.08. The number of aryl methyl sites for hydroxylation is 1. The number of fused-ring (bicyclic) bond motifs is 1. The molecule has 1 atom stereocenters. The van der Waals surface area contributed by atoms with Crippen molar-refractivity contribution in [2.24, 2.45) is 5.92 Å². The number of hydrogen-bond acceptors (Lipinski definition) is 0. The van der Waals surface area contributed by atoms with E-state index >= 15 is 0 Å². The van der Waals surface area contributed by atoms with E-state index in [1.807, 2.05) is 0 Å². The average molecular weight is 230 g/mol. The minimum atomic E-state index is 0.387. The van der Waals surface area contributed by atoms with E-state index in [1.165, 1.54) is 24.8 Å². The van der Waals surface area contributed by atoms with Gasteiger partial charge in [0.1, 0.15) is 0 Å². The van der Waals surface area contributed by atoms with Crippen LogP contribution in [-0.2, 0) is 11.8 Å². The van der Waals surface area contributed by atoms with Crippen LogP contribution in [0, 0.1) is 5.92 Å². The third-order valence-electron chi connectivity index (χ3n) is 4.83. The van der Waals surface area contributed by atoms with Crippen LogP contribution < -0.4 is 0 Å². The van der Waals surface area contributed by atoms with Crippen molar-refractivity contribution >= 4 is 0 Å². The van der Waals surface area contributed by atoms with Crippen molar-refractivity contribution in [3.63, 3.8) is 0 Å². The summed E-state index contributed by atoms with van der Waals surface area (Å²) >= 11 is 0. The van der Waals surface area contributed by atoms with Crippen molar-refractivity contribution in [1.29, 1.82) is 0 Å². The van der Waals surface area contributed by atoms with Crippen molar-refractivity contribution in [3.05, 3.63) is 34.9 Å². The van der Waals surface area contributed by atoms with E-state index in [0.717, 1.165) is 5.92 Å². The molecule has 0 saturated carbocycles. The predicted molar refractivity (Wildman–Crippen MR) is 75.7 cm³/mol. The molecule has 94 valence electrons. The molecular weight excluding hydrogens is 204 g/mol. The highest BCUT2D eigenvalue weighted by Crippen LogP contribution is 2.43. The monoisotopic (exact) mass is 230 g/mol. The quantitative estimate of drug-likeness (QED) is 0.666. The maximum absolute atomic E-state index is 2.49. The molecule has 2 rings (SSSR count). The van der Waals surface area contributed by atoms with Crippen LogP contribution in [0.15, 0.2) is 18.2 Å². The summed E-state index contributed by atoms with van der Waals surface area (Å²) < 4.78 is 0. The second kappa shape index (κ2) is 4.48. The third kappa shape index (κ3) is 2.14. The van der Waals surface area contributed by atoms with E-state index in [4.69, 9.17) is 0 Å². The average Bonchev–Trinajstić information content (AvgIpc) is 2.28. The van der Waals surface area contributed by atoms with Gasteiger partial charge in [0.2, 0.25) is 0 Å². The fraction of sp³-hybridized carbons (Fsp3) is 0.647. The van der Waals surface area contributed by atoms with Crippen LogP contribution in [0.25, 0.3) is 0 Å². The predicted octanol–water partition coefficient (Wildman–Crippen LogP) is 5.06. The Labute approximate surface area is 106 Å². The van der Waals surface area contributed by atoms with Gasteiger partial charge in [-0.15, -0.1) is 0 Å². The van der Waals surface area contributed by atoms with E-state index in [9.17, 15) is 0 Å². The second-order valence-electron chi connectivity index (χ2n) is 6.50. The van der Waals surface area contributed by atoms with E-state index in [0.29, 0.717) is 11.3 Å². The highest BCUT2D eigenvalue weighted by Gasteiger charge is 2.34. The number of rotatable bonds is 2. The highest BCUT2D eigenvalue weighted by atomic mass is 14.4. The minimum Gasteiger partial charge on any atom is -0.0619 e. The first kappa shape index (κ1) is 12.7. The van der Waals surface area contributed by atoms with Gasteiger partial charge < -0.3 is 0 Å². The Hall–Kier alpha value is -0.780. The van der Waals surface area contributed by atoms with Crippen LogP contribution in [0.2, 0.25) is 0 Å². The van der Waals surface area contributed by atoms with Crippen molar-refractivity contribution < 1.29 is 0 Å². The molecule has 0 fully saturated rings. The van der Waals surface area contributed by atoms with Crippen LogP contribution in [0.5, 0.6) is 0 Å². The Morgan fingerprint density at radius 3 is 2.41 bits per heavy atom. The van der Waals surface area contributed by atoms with Gasteiger partial charge in [-0.05, 0) is 53.2 Å². The van der Waals surface area contributed by atoms with E-state index in [1.54, 1.807) is 11.1 Å². The lowest BCUT2D eigenvalue weighted by Gasteiger charge is -2.40. The summed E-state index contributed by atoms with van der Waals surface area (Å²) in [7, 11) is 0. The molecule has 1 aromatic rings. The van der Waals surface area contributed by atoms with Gasteiger partial charge in [-0.3, -0.25) is 0 Å². The van der Waals surface area contributed by atoms with Gasteiger partial charge in [0.15, 0.2) is 0 Å². The summed E-state index contributed by atoms with van der Waals surface area (Å²) in [4.78, 5) is 0. The lowest BCUT2D eigenvalue weighted by molar-refractivity contribution is 0.290. The van der Waals surface area contributed by atoms with Crippen LogP contribution in [0.1, 0.15) is 70.1 Å². The Morgan fingerprint density at radius 2 is 1.82 bits per heavy atom. The van der Waals surface area contributed by atoms with E-state index in [2.05, 4.69) is 52.8 Å². The first-order chi connectivity index (χ1) is 7.95. The Morgan fingerprint density at radius 1 is 1.12 bits per heavy atom. The molecule has 1 unspecified atom stereocenters. The summed E-state index contributed by atoms with van der Waals surface area (Å²) in [5, 5.41) is 0.